The monoisotopic (exact) mass is 342 g/mol. The lowest BCUT2D eigenvalue weighted by molar-refractivity contribution is -0.256. The highest BCUT2D eigenvalue weighted by molar-refractivity contribution is 5.14. The molecule has 0 unspecified atom stereocenters. The van der Waals surface area contributed by atoms with E-state index < -0.39 is 6.29 Å². The van der Waals surface area contributed by atoms with Crippen LogP contribution < -0.4 is 0 Å². The maximum absolute atomic E-state index is 6.15. The molecule has 2 aromatic rings. The average Bonchev–Trinajstić information content (AvgIpc) is 3.45. The minimum Gasteiger partial charge on any atom is -0.368 e. The smallest absolute Gasteiger partial charge is 0.190 e. The fourth-order valence-electron chi connectivity index (χ4n) is 3.09. The SMILES string of the molecule is CO[C@H]1O[C@H]2O[C@H]2[C@H](OCc2ccccc2)[C@@H]1OCc1ccccc1. The molecule has 2 fully saturated rings. The van der Waals surface area contributed by atoms with Gasteiger partial charge in [0.2, 0.25) is 0 Å². The van der Waals surface area contributed by atoms with Gasteiger partial charge >= 0.3 is 0 Å². The molecule has 2 aliphatic heterocycles. The summed E-state index contributed by atoms with van der Waals surface area (Å²) in [6.07, 6.45) is -1.45. The largest absolute Gasteiger partial charge is 0.368 e. The van der Waals surface area contributed by atoms with Crippen molar-refractivity contribution in [3.63, 3.8) is 0 Å². The third kappa shape index (κ3) is 3.92. The molecule has 0 bridgehead atoms. The molecule has 132 valence electrons. The van der Waals surface area contributed by atoms with Crippen LogP contribution in [0.15, 0.2) is 60.7 Å². The lowest BCUT2D eigenvalue weighted by Crippen LogP contribution is -2.51. The molecular formula is C20H22O5. The maximum atomic E-state index is 6.15. The van der Waals surface area contributed by atoms with E-state index in [-0.39, 0.29) is 24.6 Å². The molecule has 0 aromatic heterocycles. The number of rotatable bonds is 7. The second kappa shape index (κ2) is 7.64. The van der Waals surface area contributed by atoms with E-state index in [0.29, 0.717) is 13.2 Å². The predicted octanol–water partition coefficient (Wildman–Crippen LogP) is 2.88. The zero-order valence-electron chi connectivity index (χ0n) is 14.1. The lowest BCUT2D eigenvalue weighted by atomic mass is 10.1. The van der Waals surface area contributed by atoms with Gasteiger partial charge in [-0.1, -0.05) is 60.7 Å². The van der Waals surface area contributed by atoms with Crippen molar-refractivity contribution in [3.8, 4) is 0 Å². The molecule has 2 aromatic carbocycles. The Morgan fingerprint density at radius 2 is 1.32 bits per heavy atom. The van der Waals surface area contributed by atoms with Crippen molar-refractivity contribution >= 4 is 0 Å². The minimum atomic E-state index is -0.506. The van der Waals surface area contributed by atoms with Gasteiger partial charge in [0.1, 0.15) is 18.3 Å². The van der Waals surface area contributed by atoms with Crippen molar-refractivity contribution in [2.24, 2.45) is 0 Å². The highest BCUT2D eigenvalue weighted by atomic mass is 16.8. The lowest BCUT2D eigenvalue weighted by Gasteiger charge is -2.34. The van der Waals surface area contributed by atoms with E-state index >= 15 is 0 Å². The number of methoxy groups -OCH3 is 1. The fraction of sp³-hybridized carbons (Fsp3) is 0.400. The van der Waals surface area contributed by atoms with Crippen molar-refractivity contribution in [1.82, 2.24) is 0 Å². The van der Waals surface area contributed by atoms with E-state index in [2.05, 4.69) is 0 Å². The van der Waals surface area contributed by atoms with Crippen molar-refractivity contribution in [1.29, 1.82) is 0 Å². The highest BCUT2D eigenvalue weighted by Crippen LogP contribution is 2.39. The first-order chi connectivity index (χ1) is 12.3. The number of fused-ring (bicyclic) bond motifs is 1. The minimum absolute atomic E-state index is 0.101. The Labute approximate surface area is 147 Å². The summed E-state index contributed by atoms with van der Waals surface area (Å²) in [5, 5.41) is 0. The molecule has 0 saturated carbocycles. The van der Waals surface area contributed by atoms with Crippen molar-refractivity contribution in [2.75, 3.05) is 7.11 Å². The first-order valence-corrected chi connectivity index (χ1v) is 8.50. The molecule has 2 aliphatic rings. The number of epoxide rings is 1. The molecular weight excluding hydrogens is 320 g/mol. The van der Waals surface area contributed by atoms with Crippen LogP contribution in [-0.2, 0) is 36.9 Å². The molecule has 5 nitrogen and oxygen atoms in total. The summed E-state index contributed by atoms with van der Waals surface area (Å²) in [6.45, 7) is 0.969. The van der Waals surface area contributed by atoms with Gasteiger partial charge in [0.25, 0.3) is 0 Å². The molecule has 0 radical (unpaired) electrons. The molecule has 2 heterocycles. The summed E-state index contributed by atoms with van der Waals surface area (Å²) in [7, 11) is 1.61. The third-order valence-corrected chi connectivity index (χ3v) is 4.47. The van der Waals surface area contributed by atoms with E-state index in [1.807, 2.05) is 60.7 Å². The number of benzene rings is 2. The molecule has 25 heavy (non-hydrogen) atoms. The van der Waals surface area contributed by atoms with Crippen LogP contribution in [0, 0.1) is 0 Å². The van der Waals surface area contributed by atoms with Crippen LogP contribution in [-0.4, -0.2) is 38.0 Å². The Hall–Kier alpha value is -1.76. The molecule has 0 N–H and O–H groups in total. The van der Waals surface area contributed by atoms with Gasteiger partial charge in [-0.25, -0.2) is 0 Å². The van der Waals surface area contributed by atoms with E-state index in [9.17, 15) is 0 Å². The van der Waals surface area contributed by atoms with E-state index in [4.69, 9.17) is 23.7 Å². The van der Waals surface area contributed by atoms with Gasteiger partial charge in [-0.3, -0.25) is 0 Å². The Kier molecular flexibility index (Phi) is 5.10. The number of ether oxygens (including phenoxy) is 5. The summed E-state index contributed by atoms with van der Waals surface area (Å²) >= 11 is 0. The predicted molar refractivity (Wildman–Crippen MR) is 90.6 cm³/mol. The standard InChI is InChI=1S/C20H22O5/c1-21-19-17(23-13-15-10-6-3-7-11-15)16(18-20(24-18)25-19)22-12-14-8-4-2-5-9-14/h2-11,16-20H,12-13H2,1H3/t16-,17+,18+,19+,20-/m1/s1. The van der Waals surface area contributed by atoms with Crippen LogP contribution >= 0.6 is 0 Å². The number of hydrogen-bond donors (Lipinski definition) is 0. The van der Waals surface area contributed by atoms with Crippen LogP contribution in [0.4, 0.5) is 0 Å². The molecule has 2 saturated heterocycles. The quantitative estimate of drug-likeness (QED) is 0.724. The average molecular weight is 342 g/mol. The molecule has 5 atom stereocenters. The topological polar surface area (TPSA) is 49.5 Å². The fourth-order valence-corrected chi connectivity index (χ4v) is 3.09. The van der Waals surface area contributed by atoms with Gasteiger partial charge in [0.05, 0.1) is 13.2 Å². The molecule has 0 aliphatic carbocycles. The number of hydrogen-bond acceptors (Lipinski definition) is 5. The summed E-state index contributed by atoms with van der Waals surface area (Å²) in [5.41, 5.74) is 2.21. The normalized spacial score (nSPS) is 30.7. The second-order valence-corrected chi connectivity index (χ2v) is 6.23. The van der Waals surface area contributed by atoms with Crippen molar-refractivity contribution < 1.29 is 23.7 Å². The van der Waals surface area contributed by atoms with Crippen LogP contribution in [0.5, 0.6) is 0 Å². The Morgan fingerprint density at radius 3 is 1.88 bits per heavy atom. The van der Waals surface area contributed by atoms with Gasteiger partial charge in [-0.05, 0) is 11.1 Å². The van der Waals surface area contributed by atoms with Crippen LogP contribution in [0.3, 0.4) is 0 Å². The van der Waals surface area contributed by atoms with E-state index in [0.717, 1.165) is 11.1 Å². The molecule has 4 rings (SSSR count). The zero-order chi connectivity index (χ0) is 17.1. The van der Waals surface area contributed by atoms with Crippen molar-refractivity contribution in [3.05, 3.63) is 71.8 Å². The Bertz CT molecular complexity index is 662. The summed E-state index contributed by atoms with van der Waals surface area (Å²) in [5.74, 6) is 0. The van der Waals surface area contributed by atoms with Gasteiger partial charge < -0.3 is 23.7 Å². The zero-order valence-corrected chi connectivity index (χ0v) is 14.1. The van der Waals surface area contributed by atoms with Crippen LogP contribution in [0.1, 0.15) is 11.1 Å². The van der Waals surface area contributed by atoms with Gasteiger partial charge in [-0.2, -0.15) is 0 Å². The van der Waals surface area contributed by atoms with Crippen molar-refractivity contribution in [2.45, 2.75) is 44.1 Å². The maximum Gasteiger partial charge on any atom is 0.190 e. The summed E-state index contributed by atoms with van der Waals surface area (Å²) < 4.78 is 29.1. The van der Waals surface area contributed by atoms with Gasteiger partial charge in [0, 0.05) is 7.11 Å². The third-order valence-electron chi connectivity index (χ3n) is 4.47. The molecule has 5 heteroatoms. The van der Waals surface area contributed by atoms with E-state index in [1.54, 1.807) is 7.11 Å². The second-order valence-electron chi connectivity index (χ2n) is 6.23. The van der Waals surface area contributed by atoms with E-state index in [1.165, 1.54) is 0 Å². The summed E-state index contributed by atoms with van der Waals surface area (Å²) in [4.78, 5) is 0. The van der Waals surface area contributed by atoms with Gasteiger partial charge in [0.15, 0.2) is 12.6 Å². The molecule has 0 amide bonds. The Balaban J connectivity index is 1.43. The first-order valence-electron chi connectivity index (χ1n) is 8.50. The van der Waals surface area contributed by atoms with Crippen LogP contribution in [0.2, 0.25) is 0 Å². The highest BCUT2D eigenvalue weighted by Gasteiger charge is 2.58. The van der Waals surface area contributed by atoms with Crippen LogP contribution in [0.25, 0.3) is 0 Å². The first kappa shape index (κ1) is 16.7. The summed E-state index contributed by atoms with van der Waals surface area (Å²) in [6, 6.07) is 20.1. The Morgan fingerprint density at radius 1 is 0.760 bits per heavy atom. The molecule has 0 spiro atoms. The van der Waals surface area contributed by atoms with Gasteiger partial charge in [-0.15, -0.1) is 0 Å².